The van der Waals surface area contributed by atoms with Crippen LogP contribution in [0.15, 0.2) is 22.7 Å². The van der Waals surface area contributed by atoms with Gasteiger partial charge in [-0.2, -0.15) is 0 Å². The van der Waals surface area contributed by atoms with Crippen LogP contribution in [0.4, 0.5) is 5.69 Å². The van der Waals surface area contributed by atoms with E-state index in [0.29, 0.717) is 23.7 Å². The van der Waals surface area contributed by atoms with E-state index in [1.807, 2.05) is 0 Å². The van der Waals surface area contributed by atoms with Crippen molar-refractivity contribution < 1.29 is 9.53 Å². The summed E-state index contributed by atoms with van der Waals surface area (Å²) in [5, 5.41) is 3.35. The molecule has 1 N–H and O–H groups in total. The lowest BCUT2D eigenvalue weighted by Gasteiger charge is -2.05. The summed E-state index contributed by atoms with van der Waals surface area (Å²) in [5.41, 5.74) is 0.715. The molecule has 0 radical (unpaired) electrons. The highest BCUT2D eigenvalue weighted by Crippen LogP contribution is 2.25. The van der Waals surface area contributed by atoms with Crippen molar-refractivity contribution in [1.82, 2.24) is 0 Å². The Hall–Kier alpha value is -0.580. The second kappa shape index (κ2) is 6.10. The summed E-state index contributed by atoms with van der Waals surface area (Å²) < 4.78 is 5.56. The number of anilines is 1. The van der Waals surface area contributed by atoms with Crippen LogP contribution in [0, 0.1) is 0 Å². The van der Waals surface area contributed by atoms with Gasteiger partial charge < -0.3 is 10.1 Å². The fourth-order valence-electron chi connectivity index (χ4n) is 0.992. The summed E-state index contributed by atoms with van der Waals surface area (Å²) in [6, 6.07) is 5.22. The van der Waals surface area contributed by atoms with E-state index in [1.165, 1.54) is 0 Å². The van der Waals surface area contributed by atoms with Crippen molar-refractivity contribution in [3.05, 3.63) is 27.7 Å². The van der Waals surface area contributed by atoms with E-state index in [-0.39, 0.29) is 5.91 Å². The molecule has 0 aliphatic heterocycles. The van der Waals surface area contributed by atoms with Crippen LogP contribution in [0.1, 0.15) is 6.42 Å². The number of methoxy groups -OCH3 is 1. The third kappa shape index (κ3) is 4.20. The van der Waals surface area contributed by atoms with Crippen LogP contribution in [0.2, 0.25) is 5.02 Å². The number of nitrogens with one attached hydrogen (secondary N) is 1. The molecule has 5 heteroatoms. The average Bonchev–Trinajstić information content (AvgIpc) is 2.20. The van der Waals surface area contributed by atoms with Crippen molar-refractivity contribution in [3.63, 3.8) is 0 Å². The fourth-order valence-corrected chi connectivity index (χ4v) is 1.49. The SMILES string of the molecule is COCCC(=O)Nc1ccc(Cl)c(Br)c1. The molecule has 0 fully saturated rings. The van der Waals surface area contributed by atoms with Gasteiger partial charge in [-0.15, -0.1) is 0 Å². The van der Waals surface area contributed by atoms with Crippen LogP contribution in [0.5, 0.6) is 0 Å². The number of carbonyl (C=O) groups is 1. The van der Waals surface area contributed by atoms with Crippen LogP contribution in [0.25, 0.3) is 0 Å². The van der Waals surface area contributed by atoms with E-state index < -0.39 is 0 Å². The van der Waals surface area contributed by atoms with E-state index in [0.717, 1.165) is 4.47 Å². The molecule has 0 saturated carbocycles. The molecular weight excluding hydrogens is 281 g/mol. The van der Waals surface area contributed by atoms with Crippen molar-refractivity contribution in [2.75, 3.05) is 19.0 Å². The van der Waals surface area contributed by atoms with E-state index in [4.69, 9.17) is 16.3 Å². The molecule has 15 heavy (non-hydrogen) atoms. The summed E-state index contributed by atoms with van der Waals surface area (Å²) in [6.45, 7) is 0.417. The minimum absolute atomic E-state index is 0.0777. The number of rotatable bonds is 4. The summed E-state index contributed by atoms with van der Waals surface area (Å²) >= 11 is 9.10. The van der Waals surface area contributed by atoms with E-state index in [9.17, 15) is 4.79 Å². The second-order valence-electron chi connectivity index (χ2n) is 2.92. The summed E-state index contributed by atoms with van der Waals surface area (Å²) in [5.74, 6) is -0.0777. The largest absolute Gasteiger partial charge is 0.384 e. The third-order valence-electron chi connectivity index (χ3n) is 1.74. The summed E-state index contributed by atoms with van der Waals surface area (Å²) in [4.78, 5) is 11.3. The topological polar surface area (TPSA) is 38.3 Å². The first-order chi connectivity index (χ1) is 7.13. The fraction of sp³-hybridized carbons (Fsp3) is 0.300. The molecule has 0 aliphatic carbocycles. The zero-order chi connectivity index (χ0) is 11.3. The molecule has 82 valence electrons. The maximum atomic E-state index is 11.3. The standard InChI is InChI=1S/C10H11BrClNO2/c1-15-5-4-10(14)13-7-2-3-9(12)8(11)6-7/h2-3,6H,4-5H2,1H3,(H,13,14). The Balaban J connectivity index is 2.57. The predicted octanol–water partition coefficient (Wildman–Crippen LogP) is 3.08. The van der Waals surface area contributed by atoms with Crippen LogP contribution in [-0.2, 0) is 9.53 Å². The molecule has 1 rings (SSSR count). The molecule has 0 bridgehead atoms. The lowest BCUT2D eigenvalue weighted by molar-refractivity contribution is -0.117. The van der Waals surface area contributed by atoms with Crippen molar-refractivity contribution >= 4 is 39.1 Å². The third-order valence-corrected chi connectivity index (χ3v) is 2.95. The highest BCUT2D eigenvalue weighted by Gasteiger charge is 2.03. The van der Waals surface area contributed by atoms with Crippen molar-refractivity contribution in [3.8, 4) is 0 Å². The Morgan fingerprint density at radius 1 is 1.60 bits per heavy atom. The first kappa shape index (κ1) is 12.5. The van der Waals surface area contributed by atoms with Gasteiger partial charge in [0.2, 0.25) is 5.91 Å². The lowest BCUT2D eigenvalue weighted by Crippen LogP contribution is -2.13. The minimum Gasteiger partial charge on any atom is -0.384 e. The quantitative estimate of drug-likeness (QED) is 0.926. The van der Waals surface area contributed by atoms with Crippen LogP contribution in [0.3, 0.4) is 0 Å². The number of halogens is 2. The summed E-state index contributed by atoms with van der Waals surface area (Å²) in [6.07, 6.45) is 0.344. The number of benzene rings is 1. The lowest BCUT2D eigenvalue weighted by atomic mass is 10.3. The van der Waals surface area contributed by atoms with Gasteiger partial charge in [0, 0.05) is 17.3 Å². The minimum atomic E-state index is -0.0777. The molecule has 0 atom stereocenters. The van der Waals surface area contributed by atoms with Crippen LogP contribution < -0.4 is 5.32 Å². The molecule has 0 spiro atoms. The van der Waals surface area contributed by atoms with Gasteiger partial charge in [-0.25, -0.2) is 0 Å². The molecule has 0 heterocycles. The highest BCUT2D eigenvalue weighted by atomic mass is 79.9. The zero-order valence-electron chi connectivity index (χ0n) is 8.22. The number of hydrogen-bond acceptors (Lipinski definition) is 2. The Kier molecular flexibility index (Phi) is 5.08. The van der Waals surface area contributed by atoms with E-state index in [2.05, 4.69) is 21.2 Å². The molecular formula is C10H11BrClNO2. The van der Waals surface area contributed by atoms with Crippen molar-refractivity contribution in [2.24, 2.45) is 0 Å². The van der Waals surface area contributed by atoms with Crippen molar-refractivity contribution in [2.45, 2.75) is 6.42 Å². The smallest absolute Gasteiger partial charge is 0.226 e. The summed E-state index contributed by atoms with van der Waals surface area (Å²) in [7, 11) is 1.56. The van der Waals surface area contributed by atoms with Gasteiger partial charge in [0.05, 0.1) is 18.1 Å². The zero-order valence-corrected chi connectivity index (χ0v) is 10.6. The Morgan fingerprint density at radius 3 is 2.93 bits per heavy atom. The Morgan fingerprint density at radius 2 is 2.33 bits per heavy atom. The van der Waals surface area contributed by atoms with Crippen molar-refractivity contribution in [1.29, 1.82) is 0 Å². The number of hydrogen-bond donors (Lipinski definition) is 1. The monoisotopic (exact) mass is 291 g/mol. The maximum absolute atomic E-state index is 11.3. The highest BCUT2D eigenvalue weighted by molar-refractivity contribution is 9.10. The first-order valence-corrected chi connectivity index (χ1v) is 5.54. The average molecular weight is 293 g/mol. The molecule has 3 nitrogen and oxygen atoms in total. The number of carbonyl (C=O) groups excluding carboxylic acids is 1. The molecule has 0 saturated heterocycles. The second-order valence-corrected chi connectivity index (χ2v) is 4.18. The van der Waals surface area contributed by atoms with Crippen LogP contribution in [-0.4, -0.2) is 19.6 Å². The number of ether oxygens (including phenoxy) is 1. The van der Waals surface area contributed by atoms with Gasteiger partial charge in [0.1, 0.15) is 0 Å². The van der Waals surface area contributed by atoms with Gasteiger partial charge in [0.15, 0.2) is 0 Å². The Bertz CT molecular complexity index is 357. The number of amides is 1. The van der Waals surface area contributed by atoms with Gasteiger partial charge in [-0.3, -0.25) is 4.79 Å². The van der Waals surface area contributed by atoms with Gasteiger partial charge >= 0.3 is 0 Å². The normalized spacial score (nSPS) is 10.1. The first-order valence-electron chi connectivity index (χ1n) is 4.37. The molecule has 1 aromatic carbocycles. The molecule has 1 amide bonds. The van der Waals surface area contributed by atoms with Gasteiger partial charge in [0.25, 0.3) is 0 Å². The molecule has 1 aromatic rings. The molecule has 0 aromatic heterocycles. The maximum Gasteiger partial charge on any atom is 0.226 e. The Labute approximate surface area is 102 Å². The van der Waals surface area contributed by atoms with E-state index >= 15 is 0 Å². The van der Waals surface area contributed by atoms with Gasteiger partial charge in [-0.05, 0) is 34.1 Å². The van der Waals surface area contributed by atoms with Gasteiger partial charge in [-0.1, -0.05) is 11.6 Å². The molecule has 0 unspecified atom stereocenters. The van der Waals surface area contributed by atoms with E-state index in [1.54, 1.807) is 25.3 Å². The predicted molar refractivity (Wildman–Crippen MR) is 64.3 cm³/mol. The van der Waals surface area contributed by atoms with Crippen LogP contribution >= 0.6 is 27.5 Å². The molecule has 0 aliphatic rings.